The summed E-state index contributed by atoms with van der Waals surface area (Å²) in [6, 6.07) is 8.04. The fourth-order valence-corrected chi connectivity index (χ4v) is 3.51. The average molecular weight is 296 g/mol. The first-order chi connectivity index (χ1) is 10.7. The van der Waals surface area contributed by atoms with Gasteiger partial charge in [0.2, 0.25) is 5.91 Å². The van der Waals surface area contributed by atoms with Crippen LogP contribution in [0.15, 0.2) is 30.5 Å². The molecule has 114 valence electrons. The molecule has 0 fully saturated rings. The van der Waals surface area contributed by atoms with E-state index in [0.29, 0.717) is 0 Å². The van der Waals surface area contributed by atoms with Gasteiger partial charge in [0.25, 0.3) is 0 Å². The van der Waals surface area contributed by atoms with Gasteiger partial charge < -0.3 is 14.8 Å². The van der Waals surface area contributed by atoms with Crippen molar-refractivity contribution in [2.45, 2.75) is 26.3 Å². The summed E-state index contributed by atoms with van der Waals surface area (Å²) in [4.78, 5) is 19.5. The van der Waals surface area contributed by atoms with E-state index in [4.69, 9.17) is 0 Å². The lowest BCUT2D eigenvalue weighted by molar-refractivity contribution is -0.123. The zero-order valence-corrected chi connectivity index (χ0v) is 12.7. The molecule has 0 bridgehead atoms. The Balaban J connectivity index is 1.58. The van der Waals surface area contributed by atoms with Gasteiger partial charge in [-0.3, -0.25) is 4.79 Å². The van der Waals surface area contributed by atoms with Crippen LogP contribution >= 0.6 is 0 Å². The fraction of sp³-hybridized carbons (Fsp3) is 0.412. The van der Waals surface area contributed by atoms with Gasteiger partial charge in [-0.1, -0.05) is 12.1 Å². The summed E-state index contributed by atoms with van der Waals surface area (Å²) < 4.78 is 2.19. The molecular formula is C17H20N4O. The van der Waals surface area contributed by atoms with Gasteiger partial charge in [0.15, 0.2) is 0 Å². The van der Waals surface area contributed by atoms with Crippen LogP contribution < -0.4 is 10.2 Å². The number of carbonyl (C=O) groups is 1. The Kier molecular flexibility index (Phi) is 3.13. The topological polar surface area (TPSA) is 50.2 Å². The number of nitrogens with one attached hydrogen (secondary N) is 1. The Morgan fingerprint density at radius 2 is 2.18 bits per heavy atom. The number of aromatic nitrogens is 2. The zero-order valence-electron chi connectivity index (χ0n) is 12.7. The number of amides is 1. The molecule has 2 aliphatic heterocycles. The molecule has 0 saturated carbocycles. The maximum absolute atomic E-state index is 13.0. The SMILES string of the molecule is Cc1cn2c(n1)CC(C(=O)N1CCNc3ccccc31)CC2. The van der Waals surface area contributed by atoms with Gasteiger partial charge in [-0.2, -0.15) is 0 Å². The standard InChI is InChI=1S/C17H20N4O/c1-12-11-20-8-6-13(10-16(20)19-12)17(22)21-9-7-18-14-4-2-3-5-15(14)21/h2-5,11,13,18H,6-10H2,1H3. The Morgan fingerprint density at radius 3 is 3.09 bits per heavy atom. The second-order valence-corrected chi connectivity index (χ2v) is 6.12. The summed E-state index contributed by atoms with van der Waals surface area (Å²) in [7, 11) is 0. The molecule has 3 heterocycles. The summed E-state index contributed by atoms with van der Waals surface area (Å²) in [5, 5.41) is 3.36. The number of fused-ring (bicyclic) bond motifs is 2. The van der Waals surface area contributed by atoms with Crippen molar-refractivity contribution in [3.05, 3.63) is 42.0 Å². The lowest BCUT2D eigenvalue weighted by Crippen LogP contribution is -2.44. The lowest BCUT2D eigenvalue weighted by Gasteiger charge is -2.34. The zero-order chi connectivity index (χ0) is 15.1. The molecule has 1 aromatic carbocycles. The molecule has 0 radical (unpaired) electrons. The number of carbonyl (C=O) groups excluding carboxylic acids is 1. The molecule has 22 heavy (non-hydrogen) atoms. The van der Waals surface area contributed by atoms with Crippen molar-refractivity contribution in [3.63, 3.8) is 0 Å². The minimum absolute atomic E-state index is 0.0421. The fourth-order valence-electron chi connectivity index (χ4n) is 3.51. The Morgan fingerprint density at radius 1 is 1.32 bits per heavy atom. The molecule has 1 aromatic heterocycles. The second kappa shape index (κ2) is 5.16. The van der Waals surface area contributed by atoms with Crippen LogP contribution in [0.25, 0.3) is 0 Å². The van der Waals surface area contributed by atoms with E-state index < -0.39 is 0 Å². The molecular weight excluding hydrogens is 276 g/mol. The maximum atomic E-state index is 13.0. The summed E-state index contributed by atoms with van der Waals surface area (Å²) >= 11 is 0. The van der Waals surface area contributed by atoms with Crippen LogP contribution in [0.5, 0.6) is 0 Å². The third kappa shape index (κ3) is 2.17. The summed E-state index contributed by atoms with van der Waals surface area (Å²) in [5.74, 6) is 1.33. The number of hydrogen-bond acceptors (Lipinski definition) is 3. The molecule has 5 heteroatoms. The van der Waals surface area contributed by atoms with Gasteiger partial charge in [0, 0.05) is 38.2 Å². The van der Waals surface area contributed by atoms with Crippen molar-refractivity contribution < 1.29 is 4.79 Å². The largest absolute Gasteiger partial charge is 0.382 e. The van der Waals surface area contributed by atoms with Crippen LogP contribution in [0.2, 0.25) is 0 Å². The Bertz CT molecular complexity index is 721. The molecule has 0 aliphatic carbocycles. The van der Waals surface area contributed by atoms with E-state index in [9.17, 15) is 4.79 Å². The molecule has 5 nitrogen and oxygen atoms in total. The molecule has 4 rings (SSSR count). The number of anilines is 2. The van der Waals surface area contributed by atoms with Crippen LogP contribution in [0.1, 0.15) is 17.9 Å². The van der Waals surface area contributed by atoms with Gasteiger partial charge in [0.1, 0.15) is 5.82 Å². The second-order valence-electron chi connectivity index (χ2n) is 6.12. The first-order valence-electron chi connectivity index (χ1n) is 7.89. The van der Waals surface area contributed by atoms with E-state index in [1.54, 1.807) is 0 Å². The smallest absolute Gasteiger partial charge is 0.230 e. The van der Waals surface area contributed by atoms with Crippen LogP contribution in [-0.2, 0) is 17.8 Å². The number of aryl methyl sites for hydroxylation is 2. The van der Waals surface area contributed by atoms with Crippen molar-refractivity contribution in [2.75, 3.05) is 23.3 Å². The first-order valence-corrected chi connectivity index (χ1v) is 7.89. The summed E-state index contributed by atoms with van der Waals surface area (Å²) in [6.45, 7) is 4.44. The van der Waals surface area contributed by atoms with Crippen LogP contribution in [0, 0.1) is 12.8 Å². The number of nitrogens with zero attached hydrogens (tertiary/aromatic N) is 3. The molecule has 1 atom stereocenters. The van der Waals surface area contributed by atoms with Gasteiger partial charge in [-0.05, 0) is 25.5 Å². The number of rotatable bonds is 1. The minimum atomic E-state index is 0.0421. The monoisotopic (exact) mass is 296 g/mol. The van der Waals surface area contributed by atoms with E-state index in [1.165, 1.54) is 0 Å². The highest BCUT2D eigenvalue weighted by Crippen LogP contribution is 2.31. The number of benzene rings is 1. The van der Waals surface area contributed by atoms with Gasteiger partial charge in [0.05, 0.1) is 17.1 Å². The summed E-state index contributed by atoms with van der Waals surface area (Å²) in [6.07, 6.45) is 3.72. The van der Waals surface area contributed by atoms with E-state index in [2.05, 4.69) is 21.1 Å². The van der Waals surface area contributed by atoms with Crippen molar-refractivity contribution in [1.29, 1.82) is 0 Å². The highest BCUT2D eigenvalue weighted by atomic mass is 16.2. The third-order valence-corrected chi connectivity index (χ3v) is 4.59. The minimum Gasteiger partial charge on any atom is -0.382 e. The molecule has 2 aromatic rings. The molecule has 0 saturated heterocycles. The Hall–Kier alpha value is -2.30. The summed E-state index contributed by atoms with van der Waals surface area (Å²) in [5.41, 5.74) is 3.09. The van der Waals surface area contributed by atoms with Crippen molar-refractivity contribution in [1.82, 2.24) is 9.55 Å². The quantitative estimate of drug-likeness (QED) is 0.878. The van der Waals surface area contributed by atoms with E-state index in [0.717, 1.165) is 55.4 Å². The third-order valence-electron chi connectivity index (χ3n) is 4.59. The molecule has 0 spiro atoms. The van der Waals surface area contributed by atoms with Crippen LogP contribution in [0.4, 0.5) is 11.4 Å². The number of para-hydroxylation sites is 2. The molecule has 2 aliphatic rings. The van der Waals surface area contributed by atoms with Crippen molar-refractivity contribution in [2.24, 2.45) is 5.92 Å². The maximum Gasteiger partial charge on any atom is 0.230 e. The highest BCUT2D eigenvalue weighted by Gasteiger charge is 2.31. The molecule has 1 unspecified atom stereocenters. The van der Waals surface area contributed by atoms with E-state index in [1.807, 2.05) is 36.1 Å². The molecule has 1 N–H and O–H groups in total. The van der Waals surface area contributed by atoms with Crippen LogP contribution in [-0.4, -0.2) is 28.5 Å². The lowest BCUT2D eigenvalue weighted by atomic mass is 9.95. The predicted octanol–water partition coefficient (Wildman–Crippen LogP) is 2.21. The number of imidazole rings is 1. The normalized spacial score (nSPS) is 20.0. The first kappa shape index (κ1) is 13.4. The van der Waals surface area contributed by atoms with E-state index in [-0.39, 0.29) is 11.8 Å². The predicted molar refractivity (Wildman–Crippen MR) is 86.1 cm³/mol. The van der Waals surface area contributed by atoms with E-state index >= 15 is 0 Å². The van der Waals surface area contributed by atoms with Crippen molar-refractivity contribution in [3.8, 4) is 0 Å². The average Bonchev–Trinajstić information content (AvgIpc) is 2.92. The van der Waals surface area contributed by atoms with Crippen molar-refractivity contribution >= 4 is 17.3 Å². The van der Waals surface area contributed by atoms with Gasteiger partial charge >= 0.3 is 0 Å². The van der Waals surface area contributed by atoms with Crippen LogP contribution in [0.3, 0.4) is 0 Å². The highest BCUT2D eigenvalue weighted by molar-refractivity contribution is 5.99. The van der Waals surface area contributed by atoms with Gasteiger partial charge in [-0.25, -0.2) is 4.98 Å². The number of hydrogen-bond donors (Lipinski definition) is 1. The van der Waals surface area contributed by atoms with Gasteiger partial charge in [-0.15, -0.1) is 0 Å². The molecule has 1 amide bonds. The Labute approximate surface area is 130 Å².